The van der Waals surface area contributed by atoms with E-state index in [0.29, 0.717) is 16.8 Å². The molecule has 1 atom stereocenters. The number of aromatic amines is 1. The fourth-order valence-electron chi connectivity index (χ4n) is 3.31. The van der Waals surface area contributed by atoms with E-state index in [-0.39, 0.29) is 17.3 Å². The highest BCUT2D eigenvalue weighted by molar-refractivity contribution is 7.13. The summed E-state index contributed by atoms with van der Waals surface area (Å²) in [7, 11) is 0. The Hall–Kier alpha value is -3.93. The van der Waals surface area contributed by atoms with Gasteiger partial charge in [0.05, 0.1) is 15.4 Å². The van der Waals surface area contributed by atoms with Crippen molar-refractivity contribution in [1.82, 2.24) is 30.4 Å². The summed E-state index contributed by atoms with van der Waals surface area (Å²) in [5.41, 5.74) is 0.979. The first kappa shape index (κ1) is 16.3. The maximum atomic E-state index is 12.5. The van der Waals surface area contributed by atoms with Crippen LogP contribution in [0, 0.1) is 10.1 Å². The topological polar surface area (TPSA) is 145 Å². The minimum atomic E-state index is -0.797. The summed E-state index contributed by atoms with van der Waals surface area (Å²) >= 11 is 1.44. The van der Waals surface area contributed by atoms with Crippen LogP contribution in [0.1, 0.15) is 17.2 Å². The molecule has 1 aliphatic rings. The maximum Gasteiger partial charge on any atom is 0.288 e. The van der Waals surface area contributed by atoms with Gasteiger partial charge in [-0.25, -0.2) is 5.10 Å². The average Bonchev–Trinajstić information content (AvgIpc) is 3.39. The second kappa shape index (κ2) is 6.06. The summed E-state index contributed by atoms with van der Waals surface area (Å²) in [5, 5.41) is 34.7. The number of anilines is 2. The van der Waals surface area contributed by atoms with Gasteiger partial charge in [0, 0.05) is 11.6 Å². The number of rotatable bonds is 3. The lowest BCUT2D eigenvalue weighted by molar-refractivity contribution is -0.385. The molecule has 138 valence electrons. The first-order chi connectivity index (χ1) is 13.6. The largest absolute Gasteiger partial charge is 0.318 e. The van der Waals surface area contributed by atoms with E-state index in [9.17, 15) is 14.9 Å². The Kier molecular flexibility index (Phi) is 3.52. The normalized spacial score (nSPS) is 14.8. The molecule has 0 bridgehead atoms. The van der Waals surface area contributed by atoms with E-state index in [1.165, 1.54) is 22.1 Å². The number of thiophene rings is 1. The number of hydrogen-bond donors (Lipinski definition) is 2. The van der Waals surface area contributed by atoms with E-state index < -0.39 is 16.5 Å². The van der Waals surface area contributed by atoms with Gasteiger partial charge in [-0.15, -0.1) is 11.3 Å². The predicted octanol–water partition coefficient (Wildman–Crippen LogP) is 2.09. The lowest BCUT2D eigenvalue weighted by Crippen LogP contribution is -2.29. The number of nitrogens with zero attached hydrogens (tertiary/aromatic N) is 6. The number of H-pyrrole nitrogens is 1. The fraction of sp³-hybridized carbons (Fsp3) is 0.0625. The number of nitro benzene ring substituents is 1. The maximum absolute atomic E-state index is 12.5. The molecule has 0 fully saturated rings. The van der Waals surface area contributed by atoms with E-state index in [0.717, 1.165) is 4.88 Å². The molecule has 0 spiro atoms. The molecule has 5 rings (SSSR count). The van der Waals surface area contributed by atoms with Gasteiger partial charge in [-0.3, -0.25) is 14.9 Å². The molecule has 0 amide bonds. The molecule has 4 aromatic rings. The van der Waals surface area contributed by atoms with E-state index in [2.05, 4.69) is 31.0 Å². The van der Waals surface area contributed by atoms with Crippen molar-refractivity contribution in [2.75, 3.05) is 5.32 Å². The van der Waals surface area contributed by atoms with Gasteiger partial charge >= 0.3 is 0 Å². The zero-order valence-corrected chi connectivity index (χ0v) is 14.8. The second-order valence-electron chi connectivity index (χ2n) is 5.96. The van der Waals surface area contributed by atoms with Crippen molar-refractivity contribution in [3.05, 3.63) is 73.4 Å². The molecule has 1 aliphatic heterocycles. The van der Waals surface area contributed by atoms with Crippen LogP contribution in [-0.4, -0.2) is 35.3 Å². The number of fused-ring (bicyclic) bond motifs is 2. The molecular formula is C16H10N8O3S. The lowest BCUT2D eigenvalue weighted by Gasteiger charge is -2.27. The SMILES string of the molecule is O=c1[nH]nc(-c2cccs2)c2c1Nc1nnnn1[C@@H]2c1ccccc1[N+](=O)[O-]. The van der Waals surface area contributed by atoms with Crippen LogP contribution >= 0.6 is 11.3 Å². The molecule has 28 heavy (non-hydrogen) atoms. The molecule has 0 unspecified atom stereocenters. The molecule has 0 saturated carbocycles. The number of nitrogens with one attached hydrogen (secondary N) is 2. The molecule has 1 aromatic carbocycles. The minimum Gasteiger partial charge on any atom is -0.318 e. The summed E-state index contributed by atoms with van der Waals surface area (Å²) in [6.45, 7) is 0. The van der Waals surface area contributed by atoms with Gasteiger partial charge < -0.3 is 5.32 Å². The zero-order chi connectivity index (χ0) is 19.3. The van der Waals surface area contributed by atoms with Gasteiger partial charge in [0.25, 0.3) is 11.2 Å². The molecule has 0 saturated heterocycles. The summed E-state index contributed by atoms with van der Waals surface area (Å²) in [6, 6.07) is 9.24. The quantitative estimate of drug-likeness (QED) is 0.349. The van der Waals surface area contributed by atoms with Crippen molar-refractivity contribution in [2.45, 2.75) is 6.04 Å². The summed E-state index contributed by atoms with van der Waals surface area (Å²) in [5.74, 6) is 0.212. The highest BCUT2D eigenvalue weighted by Gasteiger charge is 2.37. The minimum absolute atomic E-state index is 0.0980. The van der Waals surface area contributed by atoms with Crippen molar-refractivity contribution >= 4 is 28.7 Å². The van der Waals surface area contributed by atoms with Gasteiger partial charge in [-0.05, 0) is 27.9 Å². The van der Waals surface area contributed by atoms with E-state index >= 15 is 0 Å². The third-order valence-electron chi connectivity index (χ3n) is 4.45. The van der Waals surface area contributed by atoms with E-state index in [1.54, 1.807) is 18.2 Å². The van der Waals surface area contributed by atoms with Crippen LogP contribution in [0.3, 0.4) is 0 Å². The number of nitro groups is 1. The van der Waals surface area contributed by atoms with Gasteiger partial charge in [0.15, 0.2) is 0 Å². The summed E-state index contributed by atoms with van der Waals surface area (Å²) < 4.78 is 1.42. The average molecular weight is 394 g/mol. The molecule has 2 N–H and O–H groups in total. The molecule has 0 aliphatic carbocycles. The smallest absolute Gasteiger partial charge is 0.288 e. The Morgan fingerprint density at radius 2 is 2.07 bits per heavy atom. The second-order valence-corrected chi connectivity index (χ2v) is 6.91. The first-order valence-corrected chi connectivity index (χ1v) is 8.98. The number of hydrogen-bond acceptors (Lipinski definition) is 9. The van der Waals surface area contributed by atoms with Crippen LogP contribution in [0.15, 0.2) is 46.6 Å². The Balaban J connectivity index is 1.87. The number of benzene rings is 1. The van der Waals surface area contributed by atoms with Crippen LogP contribution in [-0.2, 0) is 0 Å². The van der Waals surface area contributed by atoms with Crippen LogP contribution in [0.2, 0.25) is 0 Å². The van der Waals surface area contributed by atoms with Crippen LogP contribution < -0.4 is 10.9 Å². The van der Waals surface area contributed by atoms with Crippen molar-refractivity contribution in [3.8, 4) is 10.6 Å². The van der Waals surface area contributed by atoms with Crippen molar-refractivity contribution < 1.29 is 4.92 Å². The zero-order valence-electron chi connectivity index (χ0n) is 13.9. The van der Waals surface area contributed by atoms with Crippen molar-refractivity contribution in [1.29, 1.82) is 0 Å². The first-order valence-electron chi connectivity index (χ1n) is 8.10. The van der Waals surface area contributed by atoms with E-state index in [1.807, 2.05) is 17.5 Å². The number of tetrazole rings is 1. The van der Waals surface area contributed by atoms with Crippen LogP contribution in [0.4, 0.5) is 17.3 Å². The van der Waals surface area contributed by atoms with Gasteiger partial charge in [-0.2, -0.15) is 9.78 Å². The highest BCUT2D eigenvalue weighted by Crippen LogP contribution is 2.44. The summed E-state index contributed by atoms with van der Waals surface area (Å²) in [6.07, 6.45) is 0. The third-order valence-corrected chi connectivity index (χ3v) is 5.33. The molecular weight excluding hydrogens is 384 g/mol. The Bertz CT molecular complexity index is 1260. The Morgan fingerprint density at radius 1 is 1.21 bits per heavy atom. The molecule has 0 radical (unpaired) electrons. The lowest BCUT2D eigenvalue weighted by atomic mass is 9.93. The molecule has 11 nitrogen and oxygen atoms in total. The van der Waals surface area contributed by atoms with Gasteiger partial charge in [-0.1, -0.05) is 23.3 Å². The Labute approximate surface area is 159 Å². The molecule has 12 heteroatoms. The fourth-order valence-corrected chi connectivity index (χ4v) is 4.04. The third kappa shape index (κ3) is 2.31. The number of para-hydroxylation sites is 1. The molecule has 4 heterocycles. The Morgan fingerprint density at radius 3 is 2.86 bits per heavy atom. The standard InChI is InChI=1S/C16H10N8O3S/c25-15-13-11(12(18-19-15)10-6-3-7-28-10)14(23-16(17-13)20-21-22-23)8-4-1-2-5-9(8)24(26)27/h1-7,14H,(H,19,25)(H,17,20,22)/t14-/m1/s1. The van der Waals surface area contributed by atoms with E-state index in [4.69, 9.17) is 0 Å². The van der Waals surface area contributed by atoms with Gasteiger partial charge in [0.1, 0.15) is 17.4 Å². The number of aromatic nitrogens is 6. The van der Waals surface area contributed by atoms with Crippen LogP contribution in [0.5, 0.6) is 0 Å². The van der Waals surface area contributed by atoms with Crippen LogP contribution in [0.25, 0.3) is 10.6 Å². The molecule has 3 aromatic heterocycles. The van der Waals surface area contributed by atoms with Crippen molar-refractivity contribution in [2.24, 2.45) is 0 Å². The predicted molar refractivity (Wildman–Crippen MR) is 99.6 cm³/mol. The van der Waals surface area contributed by atoms with Gasteiger partial charge in [0.2, 0.25) is 5.95 Å². The monoisotopic (exact) mass is 394 g/mol. The summed E-state index contributed by atoms with van der Waals surface area (Å²) in [4.78, 5) is 24.5. The van der Waals surface area contributed by atoms with Crippen molar-refractivity contribution in [3.63, 3.8) is 0 Å². The highest BCUT2D eigenvalue weighted by atomic mass is 32.1.